The zero-order chi connectivity index (χ0) is 18.8. The molecule has 2 N–H and O–H groups in total. The van der Waals surface area contributed by atoms with Crippen molar-refractivity contribution in [1.82, 2.24) is 15.5 Å². The van der Waals surface area contributed by atoms with Crippen molar-refractivity contribution in [2.45, 2.75) is 39.2 Å². The number of fused-ring (bicyclic) bond motifs is 1. The van der Waals surface area contributed by atoms with Gasteiger partial charge in [-0.05, 0) is 36.1 Å². The topological polar surface area (TPSA) is 58.1 Å². The molecule has 1 aromatic carbocycles. The number of aliphatic imine (C=N–C) groups is 1. The minimum absolute atomic E-state index is 0.808. The van der Waals surface area contributed by atoms with Gasteiger partial charge in [-0.15, -0.1) is 0 Å². The molecule has 1 heterocycles. The average molecular weight is 363 g/mol. The van der Waals surface area contributed by atoms with Crippen molar-refractivity contribution >= 4 is 5.96 Å². The summed E-state index contributed by atoms with van der Waals surface area (Å²) in [6.07, 6.45) is 4.72. The number of guanidine groups is 1. The Morgan fingerprint density at radius 2 is 1.77 bits per heavy atom. The van der Waals surface area contributed by atoms with E-state index in [-0.39, 0.29) is 0 Å². The third-order valence-corrected chi connectivity index (χ3v) is 4.81. The van der Waals surface area contributed by atoms with E-state index in [2.05, 4.69) is 39.6 Å². The Labute approximate surface area is 158 Å². The van der Waals surface area contributed by atoms with Gasteiger partial charge in [0.1, 0.15) is 0 Å². The molecule has 0 aliphatic carbocycles. The first-order valence-corrected chi connectivity index (χ1v) is 9.62. The monoisotopic (exact) mass is 362 g/mol. The zero-order valence-electron chi connectivity index (χ0n) is 16.7. The fourth-order valence-electron chi connectivity index (χ4n) is 3.27. The molecule has 26 heavy (non-hydrogen) atoms. The number of nitrogens with one attached hydrogen (secondary N) is 2. The smallest absolute Gasteiger partial charge is 0.191 e. The zero-order valence-corrected chi connectivity index (χ0v) is 16.7. The van der Waals surface area contributed by atoms with E-state index in [1.165, 1.54) is 30.4 Å². The summed E-state index contributed by atoms with van der Waals surface area (Å²) in [6, 6.07) is 4.23. The van der Waals surface area contributed by atoms with Crippen molar-refractivity contribution in [2.24, 2.45) is 4.99 Å². The molecule has 0 saturated heterocycles. The molecule has 146 valence electrons. The van der Waals surface area contributed by atoms with Crippen LogP contribution < -0.4 is 20.1 Å². The lowest BCUT2D eigenvalue weighted by Gasteiger charge is -2.29. The van der Waals surface area contributed by atoms with Gasteiger partial charge in [-0.3, -0.25) is 9.89 Å². The molecule has 0 atom stereocenters. The first-order valence-electron chi connectivity index (χ1n) is 9.62. The molecule has 1 aromatic rings. The molecule has 0 aromatic heterocycles. The fourth-order valence-corrected chi connectivity index (χ4v) is 3.27. The maximum Gasteiger partial charge on any atom is 0.191 e. The number of benzene rings is 1. The third-order valence-electron chi connectivity index (χ3n) is 4.81. The van der Waals surface area contributed by atoms with E-state index in [4.69, 9.17) is 9.47 Å². The van der Waals surface area contributed by atoms with Crippen LogP contribution in [0.5, 0.6) is 11.5 Å². The summed E-state index contributed by atoms with van der Waals surface area (Å²) in [4.78, 5) is 6.76. The first-order chi connectivity index (χ1) is 12.7. The number of hydrogen-bond acceptors (Lipinski definition) is 4. The second kappa shape index (κ2) is 10.9. The summed E-state index contributed by atoms with van der Waals surface area (Å²) < 4.78 is 10.9. The standard InChI is InChI=1S/C20H34N4O2/c1-5-6-7-9-22-20(21-2)23-10-12-24-11-8-16-13-18(25-3)19(26-4)14-17(16)15-24/h13-14H,5-12,15H2,1-4H3,(H2,21,22,23). The number of methoxy groups -OCH3 is 2. The van der Waals surface area contributed by atoms with E-state index >= 15 is 0 Å². The Balaban J connectivity index is 1.80. The maximum atomic E-state index is 5.44. The second-order valence-electron chi connectivity index (χ2n) is 6.63. The molecule has 2 rings (SSSR count). The third kappa shape index (κ3) is 5.80. The van der Waals surface area contributed by atoms with Crippen LogP contribution >= 0.6 is 0 Å². The summed E-state index contributed by atoms with van der Waals surface area (Å²) in [7, 11) is 5.20. The number of hydrogen-bond donors (Lipinski definition) is 2. The van der Waals surface area contributed by atoms with E-state index in [1.807, 2.05) is 7.05 Å². The second-order valence-corrected chi connectivity index (χ2v) is 6.63. The predicted molar refractivity (Wildman–Crippen MR) is 107 cm³/mol. The van der Waals surface area contributed by atoms with Crippen LogP contribution in [-0.4, -0.2) is 58.3 Å². The molecule has 1 aliphatic rings. The SMILES string of the molecule is CCCCCNC(=NC)NCCN1CCc2cc(OC)c(OC)cc2C1. The van der Waals surface area contributed by atoms with Gasteiger partial charge in [-0.2, -0.15) is 0 Å². The lowest BCUT2D eigenvalue weighted by molar-refractivity contribution is 0.256. The number of ether oxygens (including phenoxy) is 2. The molecule has 0 bridgehead atoms. The van der Waals surface area contributed by atoms with Crippen LogP contribution in [0.25, 0.3) is 0 Å². The molecule has 6 heteroatoms. The summed E-state index contributed by atoms with van der Waals surface area (Å²) in [6.45, 7) is 7.08. The summed E-state index contributed by atoms with van der Waals surface area (Å²) in [5.74, 6) is 2.52. The van der Waals surface area contributed by atoms with Crippen LogP contribution in [0.4, 0.5) is 0 Å². The Bertz CT molecular complexity index is 589. The highest BCUT2D eigenvalue weighted by molar-refractivity contribution is 5.79. The van der Waals surface area contributed by atoms with Gasteiger partial charge in [0.05, 0.1) is 14.2 Å². The van der Waals surface area contributed by atoms with Gasteiger partial charge < -0.3 is 20.1 Å². The highest BCUT2D eigenvalue weighted by atomic mass is 16.5. The van der Waals surface area contributed by atoms with E-state index in [1.54, 1.807) is 14.2 Å². The van der Waals surface area contributed by atoms with Gasteiger partial charge in [-0.25, -0.2) is 0 Å². The van der Waals surface area contributed by atoms with E-state index in [9.17, 15) is 0 Å². The minimum atomic E-state index is 0.808. The number of unbranched alkanes of at least 4 members (excludes halogenated alkanes) is 2. The minimum Gasteiger partial charge on any atom is -0.493 e. The highest BCUT2D eigenvalue weighted by Gasteiger charge is 2.19. The van der Waals surface area contributed by atoms with Crippen LogP contribution in [0.1, 0.15) is 37.3 Å². The van der Waals surface area contributed by atoms with Gasteiger partial charge in [-0.1, -0.05) is 19.8 Å². The normalized spacial score (nSPS) is 14.7. The summed E-state index contributed by atoms with van der Waals surface area (Å²) >= 11 is 0. The molecule has 0 saturated carbocycles. The predicted octanol–water partition coefficient (Wildman–Crippen LogP) is 2.42. The quantitative estimate of drug-likeness (QED) is 0.401. The maximum absolute atomic E-state index is 5.44. The van der Waals surface area contributed by atoms with Gasteiger partial charge in [0.25, 0.3) is 0 Å². The fraction of sp³-hybridized carbons (Fsp3) is 0.650. The van der Waals surface area contributed by atoms with Crippen molar-refractivity contribution in [2.75, 3.05) is 47.4 Å². The number of nitrogens with zero attached hydrogens (tertiary/aromatic N) is 2. The lowest BCUT2D eigenvalue weighted by Crippen LogP contribution is -2.42. The molecule has 0 amide bonds. The van der Waals surface area contributed by atoms with Gasteiger partial charge in [0.2, 0.25) is 0 Å². The van der Waals surface area contributed by atoms with E-state index in [0.717, 1.165) is 56.6 Å². The van der Waals surface area contributed by atoms with Crippen molar-refractivity contribution in [3.63, 3.8) is 0 Å². The van der Waals surface area contributed by atoms with Gasteiger partial charge in [0, 0.05) is 39.8 Å². The number of rotatable bonds is 9. The van der Waals surface area contributed by atoms with Crippen molar-refractivity contribution in [3.05, 3.63) is 23.3 Å². The van der Waals surface area contributed by atoms with Crippen LogP contribution in [-0.2, 0) is 13.0 Å². The van der Waals surface area contributed by atoms with Crippen molar-refractivity contribution in [3.8, 4) is 11.5 Å². The van der Waals surface area contributed by atoms with Crippen LogP contribution in [0.2, 0.25) is 0 Å². The lowest BCUT2D eigenvalue weighted by atomic mass is 9.99. The molecule has 0 unspecified atom stereocenters. The Morgan fingerprint density at radius 3 is 2.42 bits per heavy atom. The summed E-state index contributed by atoms with van der Waals surface area (Å²) in [5, 5.41) is 6.79. The molecule has 6 nitrogen and oxygen atoms in total. The van der Waals surface area contributed by atoms with Crippen LogP contribution in [0.15, 0.2) is 17.1 Å². The Hall–Kier alpha value is -1.95. The van der Waals surface area contributed by atoms with Crippen LogP contribution in [0, 0.1) is 0 Å². The van der Waals surface area contributed by atoms with Crippen molar-refractivity contribution < 1.29 is 9.47 Å². The molecular formula is C20H34N4O2. The van der Waals surface area contributed by atoms with E-state index in [0.29, 0.717) is 0 Å². The summed E-state index contributed by atoms with van der Waals surface area (Å²) in [5.41, 5.74) is 2.69. The van der Waals surface area contributed by atoms with Gasteiger partial charge >= 0.3 is 0 Å². The van der Waals surface area contributed by atoms with Crippen molar-refractivity contribution in [1.29, 1.82) is 0 Å². The average Bonchev–Trinajstić information content (AvgIpc) is 2.68. The molecular weight excluding hydrogens is 328 g/mol. The van der Waals surface area contributed by atoms with E-state index < -0.39 is 0 Å². The largest absolute Gasteiger partial charge is 0.493 e. The highest BCUT2D eigenvalue weighted by Crippen LogP contribution is 2.33. The first kappa shape index (κ1) is 20.4. The Morgan fingerprint density at radius 1 is 1.08 bits per heavy atom. The van der Waals surface area contributed by atoms with Crippen LogP contribution in [0.3, 0.4) is 0 Å². The molecule has 0 spiro atoms. The van der Waals surface area contributed by atoms with Gasteiger partial charge in [0.15, 0.2) is 17.5 Å². The molecule has 1 aliphatic heterocycles. The Kier molecular flexibility index (Phi) is 8.54. The molecule has 0 radical (unpaired) electrons. The molecule has 0 fully saturated rings.